The Labute approximate surface area is 107 Å². The van der Waals surface area contributed by atoms with Gasteiger partial charge in [-0.15, -0.1) is 0 Å². The highest BCUT2D eigenvalue weighted by Gasteiger charge is 2.27. The zero-order chi connectivity index (χ0) is 12.3. The quantitative estimate of drug-likeness (QED) is 0.813. The summed E-state index contributed by atoms with van der Waals surface area (Å²) >= 11 is 0. The molecule has 0 aliphatic carbocycles. The SMILES string of the molecule is CC(C)(C)C1CCCN(CCC2CNC2)CC1. The van der Waals surface area contributed by atoms with Crippen LogP contribution in [0.4, 0.5) is 0 Å². The van der Waals surface area contributed by atoms with Crippen molar-refractivity contribution >= 4 is 0 Å². The van der Waals surface area contributed by atoms with Crippen LogP contribution in [0.5, 0.6) is 0 Å². The molecule has 0 aromatic rings. The van der Waals surface area contributed by atoms with E-state index in [9.17, 15) is 0 Å². The van der Waals surface area contributed by atoms with E-state index < -0.39 is 0 Å². The lowest BCUT2D eigenvalue weighted by Crippen LogP contribution is -2.43. The molecule has 2 heterocycles. The molecule has 0 saturated carbocycles. The van der Waals surface area contributed by atoms with Gasteiger partial charge in [0.2, 0.25) is 0 Å². The van der Waals surface area contributed by atoms with Crippen molar-refractivity contribution < 1.29 is 0 Å². The van der Waals surface area contributed by atoms with Crippen LogP contribution >= 0.6 is 0 Å². The van der Waals surface area contributed by atoms with E-state index in [2.05, 4.69) is 31.0 Å². The highest BCUT2D eigenvalue weighted by Crippen LogP contribution is 2.34. The van der Waals surface area contributed by atoms with Crippen molar-refractivity contribution in [1.29, 1.82) is 0 Å². The van der Waals surface area contributed by atoms with Crippen molar-refractivity contribution in [3.05, 3.63) is 0 Å². The van der Waals surface area contributed by atoms with E-state index in [1.807, 2.05) is 0 Å². The summed E-state index contributed by atoms with van der Waals surface area (Å²) in [6.07, 6.45) is 5.66. The first-order valence-corrected chi connectivity index (χ1v) is 7.49. The van der Waals surface area contributed by atoms with E-state index in [4.69, 9.17) is 0 Å². The molecule has 2 rings (SSSR count). The summed E-state index contributed by atoms with van der Waals surface area (Å²) < 4.78 is 0. The van der Waals surface area contributed by atoms with Gasteiger partial charge in [-0.1, -0.05) is 20.8 Å². The molecule has 1 atom stereocenters. The molecule has 1 N–H and O–H groups in total. The number of hydrogen-bond acceptors (Lipinski definition) is 2. The summed E-state index contributed by atoms with van der Waals surface area (Å²) in [5.41, 5.74) is 0.508. The van der Waals surface area contributed by atoms with Gasteiger partial charge in [-0.3, -0.25) is 0 Å². The van der Waals surface area contributed by atoms with E-state index in [-0.39, 0.29) is 0 Å². The van der Waals surface area contributed by atoms with E-state index in [0.29, 0.717) is 5.41 Å². The van der Waals surface area contributed by atoms with E-state index in [1.54, 1.807) is 0 Å². The Balaban J connectivity index is 1.71. The minimum atomic E-state index is 0.508. The van der Waals surface area contributed by atoms with Crippen molar-refractivity contribution in [1.82, 2.24) is 10.2 Å². The fourth-order valence-corrected chi connectivity index (χ4v) is 3.16. The zero-order valence-electron chi connectivity index (χ0n) is 12.0. The maximum absolute atomic E-state index is 3.37. The van der Waals surface area contributed by atoms with Gasteiger partial charge in [-0.2, -0.15) is 0 Å². The van der Waals surface area contributed by atoms with Crippen molar-refractivity contribution in [3.63, 3.8) is 0 Å². The molecule has 0 amide bonds. The van der Waals surface area contributed by atoms with Crippen LogP contribution in [0.1, 0.15) is 46.5 Å². The lowest BCUT2D eigenvalue weighted by molar-refractivity contribution is 0.200. The first kappa shape index (κ1) is 13.4. The molecule has 2 nitrogen and oxygen atoms in total. The van der Waals surface area contributed by atoms with Gasteiger partial charge in [0.15, 0.2) is 0 Å². The lowest BCUT2D eigenvalue weighted by Gasteiger charge is -2.31. The first-order valence-electron chi connectivity index (χ1n) is 7.49. The van der Waals surface area contributed by atoms with Crippen LogP contribution in [0, 0.1) is 17.3 Å². The highest BCUT2D eigenvalue weighted by molar-refractivity contribution is 4.80. The van der Waals surface area contributed by atoms with Crippen LogP contribution < -0.4 is 5.32 Å². The van der Waals surface area contributed by atoms with Crippen LogP contribution in [0.2, 0.25) is 0 Å². The third kappa shape index (κ3) is 3.96. The van der Waals surface area contributed by atoms with Gasteiger partial charge < -0.3 is 10.2 Å². The van der Waals surface area contributed by atoms with Gasteiger partial charge >= 0.3 is 0 Å². The molecule has 0 bridgehead atoms. The van der Waals surface area contributed by atoms with Gasteiger partial charge in [0, 0.05) is 0 Å². The third-order valence-electron chi connectivity index (χ3n) is 4.77. The molecule has 2 heteroatoms. The molecule has 0 aromatic carbocycles. The Kier molecular flexibility index (Phi) is 4.48. The molecule has 17 heavy (non-hydrogen) atoms. The highest BCUT2D eigenvalue weighted by atomic mass is 15.1. The molecule has 0 radical (unpaired) electrons. The predicted octanol–water partition coefficient (Wildman–Crippen LogP) is 2.74. The molecular formula is C15H30N2. The Bertz CT molecular complexity index is 228. The molecule has 2 aliphatic heterocycles. The molecule has 2 saturated heterocycles. The van der Waals surface area contributed by atoms with E-state index in [0.717, 1.165) is 11.8 Å². The Hall–Kier alpha value is -0.0800. The summed E-state index contributed by atoms with van der Waals surface area (Å²) in [6.45, 7) is 13.8. The second kappa shape index (κ2) is 5.71. The third-order valence-corrected chi connectivity index (χ3v) is 4.77. The number of nitrogens with one attached hydrogen (secondary N) is 1. The summed E-state index contributed by atoms with van der Waals surface area (Å²) in [5, 5.41) is 3.37. The Morgan fingerprint density at radius 1 is 1.12 bits per heavy atom. The van der Waals surface area contributed by atoms with Crippen molar-refractivity contribution in [2.75, 3.05) is 32.7 Å². The van der Waals surface area contributed by atoms with Crippen LogP contribution in [0.25, 0.3) is 0 Å². The Morgan fingerprint density at radius 2 is 1.88 bits per heavy atom. The summed E-state index contributed by atoms with van der Waals surface area (Å²) in [7, 11) is 0. The van der Waals surface area contributed by atoms with Gasteiger partial charge in [-0.25, -0.2) is 0 Å². The molecule has 2 fully saturated rings. The zero-order valence-corrected chi connectivity index (χ0v) is 12.0. The topological polar surface area (TPSA) is 15.3 Å². The average molecular weight is 238 g/mol. The van der Waals surface area contributed by atoms with Crippen molar-refractivity contribution in [2.45, 2.75) is 46.5 Å². The summed E-state index contributed by atoms with van der Waals surface area (Å²) in [4.78, 5) is 2.71. The molecular weight excluding hydrogens is 208 g/mol. The fraction of sp³-hybridized carbons (Fsp3) is 1.00. The van der Waals surface area contributed by atoms with Gasteiger partial charge in [0.25, 0.3) is 0 Å². The largest absolute Gasteiger partial charge is 0.316 e. The molecule has 2 aliphatic rings. The Morgan fingerprint density at radius 3 is 2.47 bits per heavy atom. The smallest absolute Gasteiger partial charge is 0.000778 e. The fourth-order valence-electron chi connectivity index (χ4n) is 3.16. The normalized spacial score (nSPS) is 28.8. The van der Waals surface area contributed by atoms with Gasteiger partial charge in [0.1, 0.15) is 0 Å². The van der Waals surface area contributed by atoms with E-state index >= 15 is 0 Å². The van der Waals surface area contributed by atoms with Crippen LogP contribution in [-0.4, -0.2) is 37.6 Å². The van der Waals surface area contributed by atoms with Crippen molar-refractivity contribution in [3.8, 4) is 0 Å². The van der Waals surface area contributed by atoms with Crippen LogP contribution in [0.15, 0.2) is 0 Å². The van der Waals surface area contributed by atoms with Crippen LogP contribution in [0.3, 0.4) is 0 Å². The van der Waals surface area contributed by atoms with E-state index in [1.165, 1.54) is 58.4 Å². The number of likely N-dealkylation sites (tertiary alicyclic amines) is 1. The monoisotopic (exact) mass is 238 g/mol. The first-order chi connectivity index (χ1) is 8.05. The number of rotatable bonds is 3. The predicted molar refractivity (Wildman–Crippen MR) is 74.2 cm³/mol. The van der Waals surface area contributed by atoms with Crippen molar-refractivity contribution in [2.24, 2.45) is 17.3 Å². The molecule has 0 aromatic heterocycles. The maximum atomic E-state index is 3.37. The number of hydrogen-bond donors (Lipinski definition) is 1. The molecule has 100 valence electrons. The average Bonchev–Trinajstić information content (AvgIpc) is 2.39. The lowest BCUT2D eigenvalue weighted by atomic mass is 9.77. The molecule has 0 spiro atoms. The van der Waals surface area contributed by atoms with Crippen LogP contribution in [-0.2, 0) is 0 Å². The summed E-state index contributed by atoms with van der Waals surface area (Å²) in [6, 6.07) is 0. The maximum Gasteiger partial charge on any atom is -0.000778 e. The van der Waals surface area contributed by atoms with Gasteiger partial charge in [-0.05, 0) is 75.7 Å². The minimum absolute atomic E-state index is 0.508. The number of nitrogens with zero attached hydrogens (tertiary/aromatic N) is 1. The summed E-state index contributed by atoms with van der Waals surface area (Å²) in [5.74, 6) is 1.90. The standard InChI is InChI=1S/C15H30N2/c1-15(2,3)14-5-4-8-17(10-7-14)9-6-13-11-16-12-13/h13-14,16H,4-12H2,1-3H3. The molecule has 1 unspecified atom stereocenters. The van der Waals surface area contributed by atoms with Gasteiger partial charge in [0.05, 0.1) is 0 Å². The second-order valence-corrected chi connectivity index (χ2v) is 7.15. The second-order valence-electron chi connectivity index (χ2n) is 7.15. The minimum Gasteiger partial charge on any atom is -0.316 e.